The molecular weight excluding hydrogens is 334 g/mol. The van der Waals surface area contributed by atoms with Gasteiger partial charge in [-0.2, -0.15) is 0 Å². The van der Waals surface area contributed by atoms with Crippen molar-refractivity contribution >= 4 is 39.7 Å². The van der Waals surface area contributed by atoms with Crippen molar-refractivity contribution in [2.45, 2.75) is 18.2 Å². The number of alkyl halides is 1. The predicted octanol–water partition coefficient (Wildman–Crippen LogP) is 0.171. The number of halogens is 1. The van der Waals surface area contributed by atoms with Crippen molar-refractivity contribution in [1.82, 2.24) is 4.90 Å². The quantitative estimate of drug-likeness (QED) is 0.282. The molecule has 0 spiro atoms. The number of imide groups is 1. The number of rotatable bonds is 7. The van der Waals surface area contributed by atoms with Crippen LogP contribution >= 0.6 is 15.9 Å². The first-order valence-corrected chi connectivity index (χ1v) is 6.83. The number of carbonyl (C=O) groups excluding carboxylic acids is 4. The van der Waals surface area contributed by atoms with E-state index in [1.807, 2.05) is 0 Å². The van der Waals surface area contributed by atoms with E-state index in [1.165, 1.54) is 0 Å². The van der Waals surface area contributed by atoms with Crippen LogP contribution in [0.1, 0.15) is 13.3 Å². The van der Waals surface area contributed by atoms with Gasteiger partial charge >= 0.3 is 11.9 Å². The molecule has 1 atom stereocenters. The van der Waals surface area contributed by atoms with Gasteiger partial charge in [-0.3, -0.25) is 24.1 Å². The van der Waals surface area contributed by atoms with Gasteiger partial charge in [0.1, 0.15) is 18.0 Å². The number of nitrogens with zero attached hydrogens (tertiary/aromatic N) is 1. The van der Waals surface area contributed by atoms with Crippen LogP contribution in [0, 0.1) is 0 Å². The van der Waals surface area contributed by atoms with Crippen molar-refractivity contribution in [1.29, 1.82) is 0 Å². The van der Waals surface area contributed by atoms with Gasteiger partial charge in [-0.25, -0.2) is 0 Å². The molecule has 7 nitrogen and oxygen atoms in total. The van der Waals surface area contributed by atoms with E-state index in [4.69, 9.17) is 9.47 Å². The van der Waals surface area contributed by atoms with E-state index in [9.17, 15) is 19.2 Å². The SMILES string of the molecule is CC(Br)C(=O)OCCOC(=O)CCN1C(=O)C=CC1=O. The maximum Gasteiger partial charge on any atom is 0.319 e. The number of hydrogen-bond acceptors (Lipinski definition) is 6. The zero-order valence-corrected chi connectivity index (χ0v) is 12.4. The fraction of sp³-hybridized carbons (Fsp3) is 0.500. The van der Waals surface area contributed by atoms with E-state index in [1.54, 1.807) is 6.92 Å². The van der Waals surface area contributed by atoms with E-state index in [0.717, 1.165) is 17.1 Å². The van der Waals surface area contributed by atoms with Crippen LogP contribution in [0.4, 0.5) is 0 Å². The Morgan fingerprint density at radius 2 is 1.75 bits per heavy atom. The first-order chi connectivity index (χ1) is 9.41. The first-order valence-electron chi connectivity index (χ1n) is 5.91. The van der Waals surface area contributed by atoms with Gasteiger partial charge in [0.05, 0.1) is 6.42 Å². The molecule has 0 radical (unpaired) electrons. The zero-order chi connectivity index (χ0) is 15.1. The Kier molecular flexibility index (Phi) is 6.37. The van der Waals surface area contributed by atoms with Crippen LogP contribution in [0.15, 0.2) is 12.2 Å². The van der Waals surface area contributed by atoms with Gasteiger partial charge in [-0.1, -0.05) is 15.9 Å². The van der Waals surface area contributed by atoms with Crippen LogP contribution in [0.3, 0.4) is 0 Å². The average Bonchev–Trinajstić information content (AvgIpc) is 2.71. The Bertz CT molecular complexity index is 427. The van der Waals surface area contributed by atoms with Gasteiger partial charge in [0, 0.05) is 18.7 Å². The minimum Gasteiger partial charge on any atom is -0.462 e. The van der Waals surface area contributed by atoms with Crippen LogP contribution in [0.5, 0.6) is 0 Å². The molecule has 1 heterocycles. The fourth-order valence-corrected chi connectivity index (χ4v) is 1.47. The molecule has 0 aromatic heterocycles. The number of carbonyl (C=O) groups is 4. The van der Waals surface area contributed by atoms with Gasteiger partial charge in [0.15, 0.2) is 0 Å². The molecule has 0 aromatic rings. The minimum atomic E-state index is -0.569. The molecule has 1 unspecified atom stereocenters. The van der Waals surface area contributed by atoms with E-state index in [2.05, 4.69) is 15.9 Å². The highest BCUT2D eigenvalue weighted by molar-refractivity contribution is 9.10. The van der Waals surface area contributed by atoms with Crippen LogP contribution in [0.2, 0.25) is 0 Å². The summed E-state index contributed by atoms with van der Waals surface area (Å²) >= 11 is 3.04. The summed E-state index contributed by atoms with van der Waals surface area (Å²) in [7, 11) is 0. The second kappa shape index (κ2) is 7.78. The van der Waals surface area contributed by atoms with E-state index >= 15 is 0 Å². The highest BCUT2D eigenvalue weighted by atomic mass is 79.9. The summed E-state index contributed by atoms with van der Waals surface area (Å²) in [5, 5.41) is 0. The molecule has 0 aromatic carbocycles. The van der Waals surface area contributed by atoms with Crippen molar-refractivity contribution in [3.8, 4) is 0 Å². The van der Waals surface area contributed by atoms with Gasteiger partial charge in [0.25, 0.3) is 11.8 Å². The lowest BCUT2D eigenvalue weighted by atomic mass is 10.4. The molecule has 0 N–H and O–H groups in total. The fourth-order valence-electron chi connectivity index (χ4n) is 1.34. The Hall–Kier alpha value is -1.70. The lowest BCUT2D eigenvalue weighted by Crippen LogP contribution is -2.32. The molecule has 0 aliphatic carbocycles. The summed E-state index contributed by atoms with van der Waals surface area (Å²) in [6.07, 6.45) is 2.20. The molecule has 0 saturated carbocycles. The van der Waals surface area contributed by atoms with E-state index in [0.29, 0.717) is 0 Å². The Balaban J connectivity index is 2.14. The number of ether oxygens (including phenoxy) is 2. The van der Waals surface area contributed by atoms with Crippen molar-refractivity contribution in [3.63, 3.8) is 0 Å². The van der Waals surface area contributed by atoms with Crippen LogP contribution in [0.25, 0.3) is 0 Å². The molecule has 2 amide bonds. The van der Waals surface area contributed by atoms with Gasteiger partial charge < -0.3 is 9.47 Å². The standard InChI is InChI=1S/C12H14BrNO6/c1-8(13)12(18)20-7-6-19-11(17)4-5-14-9(15)2-3-10(14)16/h2-3,8H,4-7H2,1H3. The second-order valence-corrected chi connectivity index (χ2v) is 5.29. The van der Waals surface area contributed by atoms with Crippen molar-refractivity contribution in [3.05, 3.63) is 12.2 Å². The zero-order valence-electron chi connectivity index (χ0n) is 10.8. The molecule has 0 fully saturated rings. The summed E-state index contributed by atoms with van der Waals surface area (Å²) in [5.74, 6) is -1.90. The Labute approximate surface area is 124 Å². The van der Waals surface area contributed by atoms with Gasteiger partial charge in [-0.15, -0.1) is 0 Å². The number of esters is 2. The topological polar surface area (TPSA) is 90.0 Å². The molecule has 8 heteroatoms. The summed E-state index contributed by atoms with van der Waals surface area (Å²) in [6.45, 7) is 1.49. The smallest absolute Gasteiger partial charge is 0.319 e. The number of amides is 2. The third-order valence-corrected chi connectivity index (χ3v) is 2.73. The highest BCUT2D eigenvalue weighted by Gasteiger charge is 2.23. The third-order valence-electron chi connectivity index (χ3n) is 2.36. The normalized spacial score (nSPS) is 15.4. The van der Waals surface area contributed by atoms with E-state index in [-0.39, 0.29) is 26.2 Å². The van der Waals surface area contributed by atoms with Crippen LogP contribution in [-0.2, 0) is 28.7 Å². The second-order valence-electron chi connectivity index (χ2n) is 3.92. The molecule has 1 rings (SSSR count). The third kappa shape index (κ3) is 5.12. The first kappa shape index (κ1) is 16.4. The summed E-state index contributed by atoms with van der Waals surface area (Å²) < 4.78 is 9.58. The average molecular weight is 348 g/mol. The van der Waals surface area contributed by atoms with Crippen molar-refractivity contribution in [2.24, 2.45) is 0 Å². The molecule has 1 aliphatic rings. The largest absolute Gasteiger partial charge is 0.462 e. The molecule has 0 saturated heterocycles. The summed E-state index contributed by atoms with van der Waals surface area (Å²) in [5.41, 5.74) is 0. The minimum absolute atomic E-state index is 0.0261. The lowest BCUT2D eigenvalue weighted by molar-refractivity contribution is -0.152. The summed E-state index contributed by atoms with van der Waals surface area (Å²) in [6, 6.07) is 0. The van der Waals surface area contributed by atoms with Crippen LogP contribution in [-0.4, -0.2) is 53.2 Å². The van der Waals surface area contributed by atoms with Gasteiger partial charge in [0.2, 0.25) is 0 Å². The molecular formula is C12H14BrNO6. The summed E-state index contributed by atoms with van der Waals surface area (Å²) in [4.78, 5) is 45.3. The molecule has 1 aliphatic heterocycles. The molecule has 110 valence electrons. The Morgan fingerprint density at radius 3 is 2.30 bits per heavy atom. The van der Waals surface area contributed by atoms with E-state index < -0.39 is 28.6 Å². The predicted molar refractivity (Wildman–Crippen MR) is 70.8 cm³/mol. The van der Waals surface area contributed by atoms with Crippen molar-refractivity contribution in [2.75, 3.05) is 19.8 Å². The lowest BCUT2D eigenvalue weighted by Gasteiger charge is -2.13. The maximum absolute atomic E-state index is 11.4. The maximum atomic E-state index is 11.4. The molecule has 20 heavy (non-hydrogen) atoms. The Morgan fingerprint density at radius 1 is 1.20 bits per heavy atom. The molecule has 0 bridgehead atoms. The van der Waals surface area contributed by atoms with Gasteiger partial charge in [-0.05, 0) is 6.92 Å². The van der Waals surface area contributed by atoms with Crippen molar-refractivity contribution < 1.29 is 28.7 Å². The number of hydrogen-bond donors (Lipinski definition) is 0. The highest BCUT2D eigenvalue weighted by Crippen LogP contribution is 2.04. The monoisotopic (exact) mass is 347 g/mol. The van der Waals surface area contributed by atoms with Crippen LogP contribution < -0.4 is 0 Å².